The highest BCUT2D eigenvalue weighted by molar-refractivity contribution is 5.31. The minimum atomic E-state index is -4.66. The van der Waals surface area contributed by atoms with Gasteiger partial charge in [0.25, 0.3) is 0 Å². The lowest BCUT2D eigenvalue weighted by atomic mass is 10.2. The number of alkyl halides is 3. The first-order valence-corrected chi connectivity index (χ1v) is 5.75. The third-order valence-corrected chi connectivity index (χ3v) is 2.67. The Balaban J connectivity index is 1.83. The highest BCUT2D eigenvalue weighted by Crippen LogP contribution is 2.24. The molecule has 1 N–H and O–H groups in total. The second-order valence-corrected chi connectivity index (χ2v) is 4.12. The molecule has 18 heavy (non-hydrogen) atoms. The molecule has 1 fully saturated rings. The van der Waals surface area contributed by atoms with Crippen LogP contribution in [0.2, 0.25) is 0 Å². The van der Waals surface area contributed by atoms with Gasteiger partial charge in [0.15, 0.2) is 0 Å². The lowest BCUT2D eigenvalue weighted by Crippen LogP contribution is -2.28. The summed E-state index contributed by atoms with van der Waals surface area (Å²) in [6.45, 7) is 1.52. The first-order chi connectivity index (χ1) is 8.53. The van der Waals surface area contributed by atoms with E-state index in [1.165, 1.54) is 24.3 Å². The molecule has 0 amide bonds. The van der Waals surface area contributed by atoms with Gasteiger partial charge in [-0.1, -0.05) is 0 Å². The molecule has 6 heteroatoms. The number of ether oxygens (including phenoxy) is 2. The largest absolute Gasteiger partial charge is 0.573 e. The van der Waals surface area contributed by atoms with Crippen LogP contribution < -0.4 is 14.8 Å². The van der Waals surface area contributed by atoms with E-state index in [0.717, 1.165) is 19.4 Å². The summed E-state index contributed by atoms with van der Waals surface area (Å²) in [5.41, 5.74) is 0. The van der Waals surface area contributed by atoms with E-state index < -0.39 is 6.36 Å². The zero-order chi connectivity index (χ0) is 13.0. The van der Waals surface area contributed by atoms with Crippen molar-refractivity contribution in [1.29, 1.82) is 0 Å². The van der Waals surface area contributed by atoms with E-state index in [2.05, 4.69) is 10.1 Å². The average molecular weight is 261 g/mol. The minimum Gasteiger partial charge on any atom is -0.492 e. The maximum Gasteiger partial charge on any atom is 0.573 e. The number of nitrogens with one attached hydrogen (secondary N) is 1. The van der Waals surface area contributed by atoms with Crippen LogP contribution in [0, 0.1) is 0 Å². The minimum absolute atomic E-state index is 0.242. The summed E-state index contributed by atoms with van der Waals surface area (Å²) in [6.07, 6.45) is -2.46. The Morgan fingerprint density at radius 2 is 1.83 bits per heavy atom. The average Bonchev–Trinajstić information content (AvgIpc) is 2.79. The SMILES string of the molecule is FC(F)(F)Oc1ccc(OC[C@H]2CCCN2)cc1. The van der Waals surface area contributed by atoms with Crippen LogP contribution in [0.15, 0.2) is 24.3 Å². The molecular weight excluding hydrogens is 247 g/mol. The third kappa shape index (κ3) is 4.10. The van der Waals surface area contributed by atoms with Crippen molar-refractivity contribution in [1.82, 2.24) is 5.32 Å². The van der Waals surface area contributed by atoms with Crippen molar-refractivity contribution in [2.24, 2.45) is 0 Å². The Bertz CT molecular complexity index is 372. The molecule has 0 saturated carbocycles. The zero-order valence-corrected chi connectivity index (χ0v) is 9.67. The molecule has 1 aromatic rings. The van der Waals surface area contributed by atoms with Crippen LogP contribution in [0.4, 0.5) is 13.2 Å². The Morgan fingerprint density at radius 1 is 1.17 bits per heavy atom. The number of halogens is 3. The molecule has 0 unspecified atom stereocenters. The van der Waals surface area contributed by atoms with E-state index in [4.69, 9.17) is 4.74 Å². The van der Waals surface area contributed by atoms with Gasteiger partial charge in [-0.05, 0) is 43.7 Å². The van der Waals surface area contributed by atoms with Gasteiger partial charge in [-0.25, -0.2) is 0 Å². The molecule has 1 aliphatic rings. The van der Waals surface area contributed by atoms with Crippen molar-refractivity contribution in [3.05, 3.63) is 24.3 Å². The predicted molar refractivity (Wildman–Crippen MR) is 59.6 cm³/mol. The normalized spacial score (nSPS) is 19.8. The van der Waals surface area contributed by atoms with Crippen molar-refractivity contribution in [2.45, 2.75) is 25.2 Å². The summed E-state index contributed by atoms with van der Waals surface area (Å²) in [5.74, 6) is 0.298. The molecule has 1 atom stereocenters. The van der Waals surface area contributed by atoms with Crippen molar-refractivity contribution < 1.29 is 22.6 Å². The second kappa shape index (κ2) is 5.48. The van der Waals surface area contributed by atoms with Crippen LogP contribution in [-0.2, 0) is 0 Å². The van der Waals surface area contributed by atoms with Gasteiger partial charge in [0.2, 0.25) is 0 Å². The molecule has 1 aliphatic heterocycles. The number of benzene rings is 1. The van der Waals surface area contributed by atoms with Crippen molar-refractivity contribution >= 4 is 0 Å². The first-order valence-electron chi connectivity index (χ1n) is 5.75. The quantitative estimate of drug-likeness (QED) is 0.904. The fourth-order valence-corrected chi connectivity index (χ4v) is 1.83. The van der Waals surface area contributed by atoms with Gasteiger partial charge in [0.05, 0.1) is 0 Å². The van der Waals surface area contributed by atoms with E-state index in [0.29, 0.717) is 18.4 Å². The summed E-state index contributed by atoms with van der Waals surface area (Å²) < 4.78 is 45.0. The van der Waals surface area contributed by atoms with Crippen molar-refractivity contribution in [3.63, 3.8) is 0 Å². The molecule has 100 valence electrons. The fraction of sp³-hybridized carbons (Fsp3) is 0.500. The highest BCUT2D eigenvalue weighted by atomic mass is 19.4. The van der Waals surface area contributed by atoms with Gasteiger partial charge in [-0.3, -0.25) is 0 Å². The molecule has 0 bridgehead atoms. The van der Waals surface area contributed by atoms with E-state index in [9.17, 15) is 13.2 Å². The molecule has 0 radical (unpaired) electrons. The molecule has 1 saturated heterocycles. The summed E-state index contributed by atoms with van der Waals surface area (Å²) in [7, 11) is 0. The van der Waals surface area contributed by atoms with Gasteiger partial charge in [0, 0.05) is 6.04 Å². The first kappa shape index (κ1) is 13.0. The van der Waals surface area contributed by atoms with Crippen LogP contribution >= 0.6 is 0 Å². The molecule has 0 spiro atoms. The van der Waals surface area contributed by atoms with Gasteiger partial charge in [-0.15, -0.1) is 13.2 Å². The van der Waals surface area contributed by atoms with Crippen LogP contribution in [0.25, 0.3) is 0 Å². The molecule has 0 aliphatic carbocycles. The Morgan fingerprint density at radius 3 is 2.39 bits per heavy atom. The van der Waals surface area contributed by atoms with E-state index in [-0.39, 0.29) is 5.75 Å². The summed E-state index contributed by atoms with van der Waals surface area (Å²) in [6, 6.07) is 5.75. The van der Waals surface area contributed by atoms with Crippen LogP contribution in [0.1, 0.15) is 12.8 Å². The molecule has 1 aromatic carbocycles. The standard InChI is InChI=1S/C12H14F3NO2/c13-12(14,15)18-11-5-3-10(4-6-11)17-8-9-2-1-7-16-9/h3-6,9,16H,1-2,7-8H2/t9-/m1/s1. The van der Waals surface area contributed by atoms with Gasteiger partial charge >= 0.3 is 6.36 Å². The molecule has 2 rings (SSSR count). The number of hydrogen-bond acceptors (Lipinski definition) is 3. The Hall–Kier alpha value is -1.43. The third-order valence-electron chi connectivity index (χ3n) is 2.67. The summed E-state index contributed by atoms with van der Waals surface area (Å²) in [5, 5.41) is 3.27. The number of rotatable bonds is 4. The second-order valence-electron chi connectivity index (χ2n) is 4.12. The highest BCUT2D eigenvalue weighted by Gasteiger charge is 2.30. The molecule has 3 nitrogen and oxygen atoms in total. The van der Waals surface area contributed by atoms with E-state index >= 15 is 0 Å². The molecular formula is C12H14F3NO2. The zero-order valence-electron chi connectivity index (χ0n) is 9.67. The molecule has 1 heterocycles. The maximum atomic E-state index is 11.9. The van der Waals surface area contributed by atoms with Gasteiger partial charge in [0.1, 0.15) is 18.1 Å². The summed E-state index contributed by atoms with van der Waals surface area (Å²) in [4.78, 5) is 0. The lowest BCUT2D eigenvalue weighted by molar-refractivity contribution is -0.274. The van der Waals surface area contributed by atoms with Crippen LogP contribution in [-0.4, -0.2) is 25.6 Å². The Labute approximate surface area is 103 Å². The Kier molecular flexibility index (Phi) is 3.96. The van der Waals surface area contributed by atoms with E-state index in [1.54, 1.807) is 0 Å². The van der Waals surface area contributed by atoms with Crippen LogP contribution in [0.3, 0.4) is 0 Å². The van der Waals surface area contributed by atoms with Crippen molar-refractivity contribution in [2.75, 3.05) is 13.2 Å². The maximum absolute atomic E-state index is 11.9. The van der Waals surface area contributed by atoms with Gasteiger partial charge in [-0.2, -0.15) is 0 Å². The smallest absolute Gasteiger partial charge is 0.492 e. The number of hydrogen-bond donors (Lipinski definition) is 1. The monoisotopic (exact) mass is 261 g/mol. The van der Waals surface area contributed by atoms with E-state index in [1.807, 2.05) is 0 Å². The molecule has 0 aromatic heterocycles. The topological polar surface area (TPSA) is 30.5 Å². The van der Waals surface area contributed by atoms with Crippen molar-refractivity contribution in [3.8, 4) is 11.5 Å². The van der Waals surface area contributed by atoms with Gasteiger partial charge < -0.3 is 14.8 Å². The fourth-order valence-electron chi connectivity index (χ4n) is 1.83. The lowest BCUT2D eigenvalue weighted by Gasteiger charge is -2.13. The summed E-state index contributed by atoms with van der Waals surface area (Å²) >= 11 is 0. The predicted octanol–water partition coefficient (Wildman–Crippen LogP) is 2.72. The van der Waals surface area contributed by atoms with Crippen LogP contribution in [0.5, 0.6) is 11.5 Å².